The van der Waals surface area contributed by atoms with Crippen LogP contribution in [-0.4, -0.2) is 20.7 Å². The summed E-state index contributed by atoms with van der Waals surface area (Å²) in [7, 11) is 0. The minimum Gasteiger partial charge on any atom is -0.325 e. The fourth-order valence-electron chi connectivity index (χ4n) is 3.83. The molecule has 174 valence electrons. The lowest BCUT2D eigenvalue weighted by molar-refractivity contribution is -0.137. The summed E-state index contributed by atoms with van der Waals surface area (Å²) < 4.78 is 40.4. The third kappa shape index (κ3) is 4.86. The highest BCUT2D eigenvalue weighted by Gasteiger charge is 2.31. The van der Waals surface area contributed by atoms with Gasteiger partial charge in [0.15, 0.2) is 5.16 Å². The molecule has 1 aromatic carbocycles. The molecule has 4 rings (SSSR count). The highest BCUT2D eigenvalue weighted by Crippen LogP contribution is 2.35. The average Bonchev–Trinajstić information content (AvgIpc) is 3.14. The molecule has 1 aliphatic carbocycles. The number of amides is 1. The van der Waals surface area contributed by atoms with Crippen LogP contribution in [0.15, 0.2) is 46.9 Å². The number of benzene rings is 1. The molecule has 0 bridgehead atoms. The Bertz CT molecular complexity index is 1280. The smallest absolute Gasteiger partial charge is 0.325 e. The Morgan fingerprint density at radius 1 is 1.36 bits per heavy atom. The number of carbonyl (C=O) groups is 1. The van der Waals surface area contributed by atoms with Crippen LogP contribution in [0.5, 0.6) is 0 Å². The van der Waals surface area contributed by atoms with Crippen molar-refractivity contribution in [2.45, 2.75) is 55.7 Å². The highest BCUT2D eigenvalue weighted by atomic mass is 32.2. The number of carbonyl (C=O) groups excluding carboxylic acids is 1. The van der Waals surface area contributed by atoms with E-state index in [0.29, 0.717) is 15.4 Å². The van der Waals surface area contributed by atoms with Gasteiger partial charge in [-0.1, -0.05) is 23.9 Å². The van der Waals surface area contributed by atoms with Crippen molar-refractivity contribution in [3.63, 3.8) is 0 Å². The third-order valence-electron chi connectivity index (χ3n) is 5.46. The molecule has 2 heterocycles. The number of hydrogen-bond donors (Lipinski definition) is 1. The number of aryl methyl sites for hydroxylation is 2. The quantitative estimate of drug-likeness (QED) is 0.273. The van der Waals surface area contributed by atoms with Gasteiger partial charge in [0.25, 0.3) is 5.56 Å². The largest absolute Gasteiger partial charge is 0.416 e. The van der Waals surface area contributed by atoms with Crippen LogP contribution in [0.2, 0.25) is 0 Å². The maximum Gasteiger partial charge on any atom is 0.416 e. The number of aromatic nitrogens is 2. The number of fused-ring (bicyclic) bond motifs is 3. The number of anilines is 1. The molecule has 10 heteroatoms. The van der Waals surface area contributed by atoms with Gasteiger partial charge in [0, 0.05) is 17.1 Å². The zero-order chi connectivity index (χ0) is 23.8. The van der Waals surface area contributed by atoms with Gasteiger partial charge in [-0.25, -0.2) is 4.98 Å². The van der Waals surface area contributed by atoms with Gasteiger partial charge in [-0.2, -0.15) is 13.2 Å². The molecule has 1 atom stereocenters. The van der Waals surface area contributed by atoms with E-state index in [1.165, 1.54) is 32.9 Å². The first-order valence-corrected chi connectivity index (χ1v) is 12.2. The van der Waals surface area contributed by atoms with Crippen molar-refractivity contribution < 1.29 is 18.0 Å². The first-order chi connectivity index (χ1) is 15.7. The minimum atomic E-state index is -4.50. The van der Waals surface area contributed by atoms with Gasteiger partial charge in [-0.15, -0.1) is 17.9 Å². The molecule has 0 aliphatic heterocycles. The van der Waals surface area contributed by atoms with Crippen molar-refractivity contribution in [2.24, 2.45) is 0 Å². The van der Waals surface area contributed by atoms with E-state index in [4.69, 9.17) is 4.98 Å². The molecule has 3 aromatic rings. The summed E-state index contributed by atoms with van der Waals surface area (Å²) in [5.74, 6) is -0.482. The molecule has 1 unspecified atom stereocenters. The van der Waals surface area contributed by atoms with Crippen molar-refractivity contribution >= 4 is 44.9 Å². The first-order valence-electron chi connectivity index (χ1n) is 10.5. The fourth-order valence-corrected chi connectivity index (χ4v) is 6.05. The molecule has 0 spiro atoms. The van der Waals surface area contributed by atoms with E-state index in [9.17, 15) is 22.8 Å². The molecule has 1 amide bonds. The van der Waals surface area contributed by atoms with Crippen LogP contribution in [0, 0.1) is 0 Å². The number of halogens is 3. The zero-order valence-corrected chi connectivity index (χ0v) is 19.5. The van der Waals surface area contributed by atoms with E-state index in [0.717, 1.165) is 55.1 Å². The lowest BCUT2D eigenvalue weighted by Crippen LogP contribution is -2.27. The van der Waals surface area contributed by atoms with Crippen LogP contribution in [0.4, 0.5) is 18.9 Å². The van der Waals surface area contributed by atoms with E-state index in [1.54, 1.807) is 13.0 Å². The normalized spacial score (nSPS) is 14.7. The fraction of sp³-hybridized carbons (Fsp3) is 0.348. The van der Waals surface area contributed by atoms with E-state index in [1.807, 2.05) is 0 Å². The van der Waals surface area contributed by atoms with E-state index < -0.39 is 22.9 Å². The molecule has 2 aromatic heterocycles. The van der Waals surface area contributed by atoms with Gasteiger partial charge in [0.1, 0.15) is 4.83 Å². The molecule has 33 heavy (non-hydrogen) atoms. The van der Waals surface area contributed by atoms with Crippen molar-refractivity contribution in [3.8, 4) is 0 Å². The van der Waals surface area contributed by atoms with Crippen LogP contribution in [-0.2, 0) is 30.4 Å². The standard InChI is InChI=1S/C23H22F3N3O2S2/c1-3-11-29-21(31)18-16-9-4-5-10-17(16)33-20(18)28-22(29)32-13(2)19(30)27-15-8-6-7-14(12-15)23(24,25)26/h3,6-8,12-13H,1,4-5,9-11H2,2H3,(H,27,30). The summed E-state index contributed by atoms with van der Waals surface area (Å²) in [5, 5.41) is 2.87. The van der Waals surface area contributed by atoms with Crippen molar-refractivity contribution in [3.05, 3.63) is 63.3 Å². The summed E-state index contributed by atoms with van der Waals surface area (Å²) in [4.78, 5) is 32.6. The van der Waals surface area contributed by atoms with Gasteiger partial charge in [-0.3, -0.25) is 14.2 Å². The Kier molecular flexibility index (Phi) is 6.67. The van der Waals surface area contributed by atoms with Gasteiger partial charge in [0.05, 0.1) is 16.2 Å². The maximum atomic E-state index is 13.3. The number of nitrogens with one attached hydrogen (secondary N) is 1. The summed E-state index contributed by atoms with van der Waals surface area (Å²) in [6, 6.07) is 4.48. The molecule has 5 nitrogen and oxygen atoms in total. The molecular weight excluding hydrogens is 471 g/mol. The first kappa shape index (κ1) is 23.6. The molecule has 0 saturated carbocycles. The number of thiophene rings is 1. The van der Waals surface area contributed by atoms with Crippen LogP contribution < -0.4 is 10.9 Å². The Balaban J connectivity index is 1.61. The Labute approximate surface area is 196 Å². The number of hydrogen-bond acceptors (Lipinski definition) is 5. The second-order valence-electron chi connectivity index (χ2n) is 7.82. The predicted molar refractivity (Wildman–Crippen MR) is 126 cm³/mol. The summed E-state index contributed by atoms with van der Waals surface area (Å²) in [6.45, 7) is 5.60. The second-order valence-corrected chi connectivity index (χ2v) is 10.2. The summed E-state index contributed by atoms with van der Waals surface area (Å²) in [5.41, 5.74) is 0.157. The number of rotatable bonds is 6. The van der Waals surface area contributed by atoms with Crippen LogP contribution in [0.1, 0.15) is 35.8 Å². The number of thioether (sulfide) groups is 1. The number of nitrogens with zero attached hydrogens (tertiary/aromatic N) is 2. The molecule has 1 aliphatic rings. The predicted octanol–water partition coefficient (Wildman–Crippen LogP) is 5.66. The van der Waals surface area contributed by atoms with Gasteiger partial charge >= 0.3 is 6.18 Å². The van der Waals surface area contributed by atoms with Crippen LogP contribution in [0.25, 0.3) is 10.2 Å². The second kappa shape index (κ2) is 9.34. The lowest BCUT2D eigenvalue weighted by atomic mass is 9.97. The zero-order valence-electron chi connectivity index (χ0n) is 17.9. The Morgan fingerprint density at radius 3 is 2.85 bits per heavy atom. The number of allylic oxidation sites excluding steroid dienone is 1. The van der Waals surface area contributed by atoms with E-state index >= 15 is 0 Å². The van der Waals surface area contributed by atoms with Gasteiger partial charge in [0.2, 0.25) is 5.91 Å². The minimum absolute atomic E-state index is 0.0556. The van der Waals surface area contributed by atoms with Crippen molar-refractivity contribution in [1.82, 2.24) is 9.55 Å². The van der Waals surface area contributed by atoms with Crippen molar-refractivity contribution in [2.75, 3.05) is 5.32 Å². The summed E-state index contributed by atoms with van der Waals surface area (Å²) >= 11 is 2.62. The van der Waals surface area contributed by atoms with E-state index in [2.05, 4.69) is 11.9 Å². The SMILES string of the molecule is C=CCn1c(SC(C)C(=O)Nc2cccc(C(F)(F)F)c2)nc2sc3c(c2c1=O)CCCC3. The monoisotopic (exact) mass is 493 g/mol. The van der Waals surface area contributed by atoms with Gasteiger partial charge < -0.3 is 5.32 Å². The molecule has 1 N–H and O–H groups in total. The topological polar surface area (TPSA) is 64.0 Å². The van der Waals surface area contributed by atoms with E-state index in [-0.39, 0.29) is 17.8 Å². The maximum absolute atomic E-state index is 13.3. The third-order valence-corrected chi connectivity index (χ3v) is 7.74. The average molecular weight is 494 g/mol. The number of alkyl halides is 3. The van der Waals surface area contributed by atoms with Crippen LogP contribution >= 0.6 is 23.1 Å². The molecule has 0 fully saturated rings. The highest BCUT2D eigenvalue weighted by molar-refractivity contribution is 8.00. The Hall–Kier alpha value is -2.59. The molecule has 0 saturated heterocycles. The summed E-state index contributed by atoms with van der Waals surface area (Å²) in [6.07, 6.45) is 1.04. The van der Waals surface area contributed by atoms with Crippen molar-refractivity contribution in [1.29, 1.82) is 0 Å². The Morgan fingerprint density at radius 2 is 2.12 bits per heavy atom. The van der Waals surface area contributed by atoms with Crippen LogP contribution in [0.3, 0.4) is 0 Å². The lowest BCUT2D eigenvalue weighted by Gasteiger charge is -2.16. The molecule has 0 radical (unpaired) electrons. The molecular formula is C23H22F3N3O2S2. The van der Waals surface area contributed by atoms with Gasteiger partial charge in [-0.05, 0) is 56.4 Å².